The fraction of sp³-hybridized carbons (Fsp3) is 0.417. The van der Waals surface area contributed by atoms with Crippen LogP contribution in [-0.2, 0) is 9.53 Å². The van der Waals surface area contributed by atoms with Gasteiger partial charge in [-0.2, -0.15) is 0 Å². The zero-order chi connectivity index (χ0) is 22.0. The SMILES string of the molecule is COC1CC(CCNC(=O)c2ccc(F)cc2F)C(=O)C1c1c(C)cc(C)cc1C. The van der Waals surface area contributed by atoms with Gasteiger partial charge in [-0.05, 0) is 62.4 Å². The zero-order valence-corrected chi connectivity index (χ0v) is 17.7. The summed E-state index contributed by atoms with van der Waals surface area (Å²) in [7, 11) is 1.62. The topological polar surface area (TPSA) is 55.4 Å². The van der Waals surface area contributed by atoms with Crippen LogP contribution in [0.1, 0.15) is 51.4 Å². The molecule has 3 unspecified atom stereocenters. The molecule has 0 aliphatic heterocycles. The van der Waals surface area contributed by atoms with Crippen molar-refractivity contribution >= 4 is 11.7 Å². The smallest absolute Gasteiger partial charge is 0.254 e. The number of ether oxygens (including phenoxy) is 1. The van der Waals surface area contributed by atoms with Crippen molar-refractivity contribution in [2.75, 3.05) is 13.7 Å². The average molecular weight is 415 g/mol. The third-order valence-corrected chi connectivity index (χ3v) is 5.90. The Morgan fingerprint density at radius 1 is 1.13 bits per heavy atom. The molecule has 1 aliphatic carbocycles. The molecular formula is C24H27F2NO3. The molecule has 160 valence electrons. The average Bonchev–Trinajstić information content (AvgIpc) is 2.97. The summed E-state index contributed by atoms with van der Waals surface area (Å²) in [4.78, 5) is 25.4. The van der Waals surface area contributed by atoms with Gasteiger partial charge < -0.3 is 10.1 Å². The Morgan fingerprint density at radius 2 is 1.80 bits per heavy atom. The number of hydrogen-bond acceptors (Lipinski definition) is 3. The lowest BCUT2D eigenvalue weighted by molar-refractivity contribution is -0.122. The van der Waals surface area contributed by atoms with Gasteiger partial charge in [0, 0.05) is 25.6 Å². The van der Waals surface area contributed by atoms with E-state index in [2.05, 4.69) is 17.4 Å². The first-order valence-electron chi connectivity index (χ1n) is 10.1. The molecule has 0 bridgehead atoms. The molecule has 0 spiro atoms. The summed E-state index contributed by atoms with van der Waals surface area (Å²) in [5.74, 6) is -2.74. The van der Waals surface area contributed by atoms with E-state index in [9.17, 15) is 18.4 Å². The van der Waals surface area contributed by atoms with Crippen LogP contribution in [-0.4, -0.2) is 31.4 Å². The summed E-state index contributed by atoms with van der Waals surface area (Å²) in [6.07, 6.45) is 0.800. The van der Waals surface area contributed by atoms with Crippen molar-refractivity contribution in [2.24, 2.45) is 5.92 Å². The van der Waals surface area contributed by atoms with Gasteiger partial charge >= 0.3 is 0 Å². The predicted octanol–water partition coefficient (Wildman–Crippen LogP) is 4.40. The summed E-state index contributed by atoms with van der Waals surface area (Å²) in [5, 5.41) is 2.63. The molecule has 2 aromatic rings. The van der Waals surface area contributed by atoms with Gasteiger partial charge in [0.05, 0.1) is 17.6 Å². The molecule has 3 rings (SSSR count). The number of amides is 1. The van der Waals surface area contributed by atoms with Gasteiger partial charge in [-0.25, -0.2) is 8.78 Å². The first-order valence-corrected chi connectivity index (χ1v) is 10.1. The van der Waals surface area contributed by atoms with Crippen LogP contribution in [0.15, 0.2) is 30.3 Å². The molecule has 1 saturated carbocycles. The summed E-state index contributed by atoms with van der Waals surface area (Å²) >= 11 is 0. The summed E-state index contributed by atoms with van der Waals surface area (Å²) in [6.45, 7) is 6.28. The summed E-state index contributed by atoms with van der Waals surface area (Å²) < 4.78 is 32.4. The molecule has 0 heterocycles. The maximum atomic E-state index is 13.8. The third kappa shape index (κ3) is 4.43. The fourth-order valence-corrected chi connectivity index (χ4v) is 4.60. The number of nitrogens with one attached hydrogen (secondary N) is 1. The van der Waals surface area contributed by atoms with Gasteiger partial charge in [0.2, 0.25) is 0 Å². The van der Waals surface area contributed by atoms with Gasteiger partial charge in [-0.15, -0.1) is 0 Å². The number of carbonyl (C=O) groups is 2. The largest absolute Gasteiger partial charge is 0.380 e. The van der Waals surface area contributed by atoms with E-state index in [1.54, 1.807) is 7.11 Å². The second-order valence-electron chi connectivity index (χ2n) is 8.07. The summed E-state index contributed by atoms with van der Waals surface area (Å²) in [5.41, 5.74) is 4.12. The van der Waals surface area contributed by atoms with Gasteiger partial charge in [0.25, 0.3) is 5.91 Å². The number of ketones is 1. The van der Waals surface area contributed by atoms with Crippen LogP contribution in [0.4, 0.5) is 8.78 Å². The van der Waals surface area contributed by atoms with E-state index in [-0.39, 0.29) is 35.8 Å². The second kappa shape index (κ2) is 9.04. The minimum atomic E-state index is -0.908. The Bertz CT molecular complexity index is 950. The second-order valence-corrected chi connectivity index (χ2v) is 8.07. The highest BCUT2D eigenvalue weighted by atomic mass is 19.1. The summed E-state index contributed by atoms with van der Waals surface area (Å²) in [6, 6.07) is 6.98. The molecule has 1 N–H and O–H groups in total. The van der Waals surface area contributed by atoms with E-state index in [1.165, 1.54) is 0 Å². The van der Waals surface area contributed by atoms with Crippen molar-refractivity contribution in [3.63, 3.8) is 0 Å². The van der Waals surface area contributed by atoms with Crippen molar-refractivity contribution in [2.45, 2.75) is 45.6 Å². The Kier molecular flexibility index (Phi) is 6.66. The van der Waals surface area contributed by atoms with E-state index < -0.39 is 17.5 Å². The van der Waals surface area contributed by atoms with E-state index in [0.717, 1.165) is 34.4 Å². The number of halogens is 2. The Labute approximate surface area is 175 Å². The fourth-order valence-electron chi connectivity index (χ4n) is 4.60. The number of benzene rings is 2. The number of hydrogen-bond donors (Lipinski definition) is 1. The quantitative estimate of drug-likeness (QED) is 0.761. The van der Waals surface area contributed by atoms with Crippen molar-refractivity contribution in [3.05, 3.63) is 69.8 Å². The molecule has 1 aliphatic rings. The lowest BCUT2D eigenvalue weighted by Gasteiger charge is -2.22. The van der Waals surface area contributed by atoms with Crippen molar-refractivity contribution in [1.82, 2.24) is 5.32 Å². The standard InChI is InChI=1S/C24H27F2NO3/c1-13-9-14(2)21(15(3)10-13)22-20(30-4)11-16(23(22)28)7-8-27-24(29)18-6-5-17(25)12-19(18)26/h5-6,9-10,12,16,20,22H,7-8,11H2,1-4H3,(H,27,29). The highest BCUT2D eigenvalue weighted by molar-refractivity contribution is 5.94. The van der Waals surface area contributed by atoms with Crippen LogP contribution in [0.5, 0.6) is 0 Å². The van der Waals surface area contributed by atoms with E-state index in [1.807, 2.05) is 20.8 Å². The minimum Gasteiger partial charge on any atom is -0.380 e. The minimum absolute atomic E-state index is 0.110. The number of aryl methyl sites for hydroxylation is 3. The van der Waals surface area contributed by atoms with Crippen molar-refractivity contribution in [1.29, 1.82) is 0 Å². The Balaban J connectivity index is 1.68. The molecule has 2 aromatic carbocycles. The molecule has 0 aromatic heterocycles. The molecule has 6 heteroatoms. The van der Waals surface area contributed by atoms with Crippen LogP contribution in [0.25, 0.3) is 0 Å². The zero-order valence-electron chi connectivity index (χ0n) is 17.7. The van der Waals surface area contributed by atoms with Crippen LogP contribution in [0.3, 0.4) is 0 Å². The molecular weight excluding hydrogens is 388 g/mol. The van der Waals surface area contributed by atoms with Crippen LogP contribution in [0.2, 0.25) is 0 Å². The lowest BCUT2D eigenvalue weighted by Crippen LogP contribution is -2.28. The maximum Gasteiger partial charge on any atom is 0.254 e. The monoisotopic (exact) mass is 415 g/mol. The van der Waals surface area contributed by atoms with Gasteiger partial charge in [-0.1, -0.05) is 17.7 Å². The lowest BCUT2D eigenvalue weighted by atomic mass is 9.85. The first kappa shape index (κ1) is 22.1. The number of carbonyl (C=O) groups excluding carboxylic acids is 2. The molecule has 4 nitrogen and oxygen atoms in total. The number of Topliss-reactive ketones (excluding diaryl/α,β-unsaturated/α-hetero) is 1. The van der Waals surface area contributed by atoms with Crippen LogP contribution in [0, 0.1) is 38.3 Å². The van der Waals surface area contributed by atoms with Crippen molar-refractivity contribution in [3.8, 4) is 0 Å². The van der Waals surface area contributed by atoms with Crippen LogP contribution < -0.4 is 5.32 Å². The molecule has 1 fully saturated rings. The van der Waals surface area contributed by atoms with E-state index in [4.69, 9.17) is 4.74 Å². The molecule has 0 saturated heterocycles. The molecule has 1 amide bonds. The third-order valence-electron chi connectivity index (χ3n) is 5.90. The van der Waals surface area contributed by atoms with Crippen molar-refractivity contribution < 1.29 is 23.1 Å². The Morgan fingerprint density at radius 3 is 2.40 bits per heavy atom. The van der Waals surface area contributed by atoms with Gasteiger partial charge in [0.1, 0.15) is 17.4 Å². The number of methoxy groups -OCH3 is 1. The molecule has 30 heavy (non-hydrogen) atoms. The normalized spacial score (nSPS) is 21.1. The van der Waals surface area contributed by atoms with Gasteiger partial charge in [-0.3, -0.25) is 9.59 Å². The highest BCUT2D eigenvalue weighted by Crippen LogP contribution is 2.41. The van der Waals surface area contributed by atoms with E-state index >= 15 is 0 Å². The van der Waals surface area contributed by atoms with Crippen LogP contribution >= 0.6 is 0 Å². The highest BCUT2D eigenvalue weighted by Gasteiger charge is 2.44. The van der Waals surface area contributed by atoms with E-state index in [0.29, 0.717) is 18.9 Å². The number of rotatable bonds is 6. The predicted molar refractivity (Wildman–Crippen MR) is 111 cm³/mol. The molecule has 3 atom stereocenters. The first-order chi connectivity index (χ1) is 14.2. The van der Waals surface area contributed by atoms with Gasteiger partial charge in [0.15, 0.2) is 0 Å². The maximum absolute atomic E-state index is 13.8. The Hall–Kier alpha value is -2.60. The molecule has 0 radical (unpaired) electrons.